The molecule has 0 bridgehead atoms. The third kappa shape index (κ3) is 2.19. The van der Waals surface area contributed by atoms with Crippen LogP contribution in [0.2, 0.25) is 0 Å². The van der Waals surface area contributed by atoms with E-state index in [4.69, 9.17) is 15.6 Å². The molecule has 0 aromatic heterocycles. The zero-order valence-electron chi connectivity index (χ0n) is 8.13. The van der Waals surface area contributed by atoms with Crippen molar-refractivity contribution in [3.05, 3.63) is 0 Å². The number of aliphatic hydroxyl groups excluding tert-OH is 1. The fraction of sp³-hybridized carbons (Fsp3) is 1.00. The maximum atomic E-state index is 9.13. The second kappa shape index (κ2) is 2.98. The topological polar surface area (TPSA) is 55.5 Å². The van der Waals surface area contributed by atoms with Gasteiger partial charge in [-0.2, -0.15) is 0 Å². The molecule has 1 rings (SSSR count). The number of hydrogen-bond donors (Lipinski definition) is 2. The van der Waals surface area contributed by atoms with Gasteiger partial charge in [-0.3, -0.25) is 0 Å². The van der Waals surface area contributed by atoms with E-state index in [-0.39, 0.29) is 17.2 Å². The minimum Gasteiger partial charge on any atom is -0.393 e. The molecule has 3 nitrogen and oxygen atoms in total. The lowest BCUT2D eigenvalue weighted by Gasteiger charge is -2.46. The lowest BCUT2D eigenvalue weighted by Crippen LogP contribution is -2.57. The Bertz CT molecular complexity index is 162. The van der Waals surface area contributed by atoms with Crippen LogP contribution in [0.5, 0.6) is 0 Å². The molecule has 0 atom stereocenters. The molecule has 0 unspecified atom stereocenters. The molecule has 3 heteroatoms. The van der Waals surface area contributed by atoms with Crippen LogP contribution < -0.4 is 5.73 Å². The predicted octanol–water partition coefficient (Wildman–Crippen LogP) is 0.654. The summed E-state index contributed by atoms with van der Waals surface area (Å²) < 4.78 is 5.28. The Labute approximate surface area is 73.9 Å². The van der Waals surface area contributed by atoms with Gasteiger partial charge in [0.15, 0.2) is 0 Å². The maximum Gasteiger partial charge on any atom is 0.0640 e. The molecule has 0 radical (unpaired) electrons. The summed E-state index contributed by atoms with van der Waals surface area (Å²) >= 11 is 0. The number of methoxy groups -OCH3 is 1. The zero-order valence-corrected chi connectivity index (χ0v) is 8.13. The fourth-order valence-corrected chi connectivity index (χ4v) is 1.94. The van der Waals surface area contributed by atoms with Crippen LogP contribution in [-0.4, -0.2) is 29.5 Å². The van der Waals surface area contributed by atoms with Crippen molar-refractivity contribution in [1.82, 2.24) is 0 Å². The third-order valence-corrected chi connectivity index (χ3v) is 2.61. The molecule has 12 heavy (non-hydrogen) atoms. The molecule has 1 aliphatic carbocycles. The quantitative estimate of drug-likeness (QED) is 0.659. The van der Waals surface area contributed by atoms with Crippen LogP contribution in [0.25, 0.3) is 0 Å². The van der Waals surface area contributed by atoms with Gasteiger partial charge in [0.05, 0.1) is 11.7 Å². The van der Waals surface area contributed by atoms with Crippen molar-refractivity contribution in [3.63, 3.8) is 0 Å². The zero-order chi connectivity index (χ0) is 9.41. The Kier molecular flexibility index (Phi) is 2.47. The first-order valence-electron chi connectivity index (χ1n) is 4.39. The maximum absolute atomic E-state index is 9.13. The Hall–Kier alpha value is -0.120. The van der Waals surface area contributed by atoms with Gasteiger partial charge in [0, 0.05) is 12.6 Å². The van der Waals surface area contributed by atoms with Gasteiger partial charge in [-0.15, -0.1) is 0 Å². The van der Waals surface area contributed by atoms with Crippen LogP contribution in [0.4, 0.5) is 0 Å². The van der Waals surface area contributed by atoms with E-state index in [9.17, 15) is 0 Å². The number of ether oxygens (including phenoxy) is 1. The van der Waals surface area contributed by atoms with E-state index in [2.05, 4.69) is 0 Å². The van der Waals surface area contributed by atoms with Crippen LogP contribution >= 0.6 is 0 Å². The van der Waals surface area contributed by atoms with Crippen molar-refractivity contribution in [2.24, 2.45) is 5.73 Å². The van der Waals surface area contributed by atoms with Gasteiger partial charge in [-0.25, -0.2) is 0 Å². The highest BCUT2D eigenvalue weighted by Gasteiger charge is 2.43. The van der Waals surface area contributed by atoms with Crippen molar-refractivity contribution in [2.45, 2.75) is 50.4 Å². The van der Waals surface area contributed by atoms with Gasteiger partial charge >= 0.3 is 0 Å². The van der Waals surface area contributed by atoms with Gasteiger partial charge in [0.1, 0.15) is 0 Å². The molecule has 0 heterocycles. The van der Waals surface area contributed by atoms with Gasteiger partial charge < -0.3 is 15.6 Å². The molecule has 0 aromatic carbocycles. The highest BCUT2D eigenvalue weighted by Crippen LogP contribution is 2.37. The summed E-state index contributed by atoms with van der Waals surface area (Å²) in [6.07, 6.45) is 2.04. The molecule has 0 spiro atoms. The molecule has 0 saturated heterocycles. The van der Waals surface area contributed by atoms with Crippen molar-refractivity contribution in [2.75, 3.05) is 7.11 Å². The molecule has 1 fully saturated rings. The molecule has 0 amide bonds. The molecule has 72 valence electrons. The molecule has 0 aliphatic heterocycles. The first-order valence-corrected chi connectivity index (χ1v) is 4.39. The third-order valence-electron chi connectivity index (χ3n) is 2.61. The molecule has 0 aromatic rings. The van der Waals surface area contributed by atoms with Crippen LogP contribution in [0.15, 0.2) is 0 Å². The number of aliphatic hydroxyl groups is 1. The predicted molar refractivity (Wildman–Crippen MR) is 47.9 cm³/mol. The van der Waals surface area contributed by atoms with Crippen LogP contribution in [0, 0.1) is 0 Å². The lowest BCUT2D eigenvalue weighted by atomic mass is 9.69. The van der Waals surface area contributed by atoms with Crippen molar-refractivity contribution >= 4 is 0 Å². The number of nitrogens with two attached hydrogens (primary N) is 1. The Balaban J connectivity index is 2.41. The Morgan fingerprint density at radius 3 is 2.42 bits per heavy atom. The van der Waals surface area contributed by atoms with Gasteiger partial charge in [0.2, 0.25) is 0 Å². The highest BCUT2D eigenvalue weighted by atomic mass is 16.5. The second-order valence-corrected chi connectivity index (χ2v) is 4.57. The van der Waals surface area contributed by atoms with Crippen LogP contribution in [-0.2, 0) is 4.74 Å². The van der Waals surface area contributed by atoms with Crippen molar-refractivity contribution < 1.29 is 9.84 Å². The first-order chi connectivity index (χ1) is 5.37. The Morgan fingerprint density at radius 1 is 1.58 bits per heavy atom. The minimum atomic E-state index is -0.196. The van der Waals surface area contributed by atoms with E-state index < -0.39 is 0 Å². The average molecular weight is 173 g/mol. The minimum absolute atomic E-state index is 0.172. The molecular weight excluding hydrogens is 154 g/mol. The standard InChI is InChI=1S/C9H19NO2/c1-8(2,12-3)6-9(10)4-7(11)5-9/h7,11H,4-6,10H2,1-3H3. The van der Waals surface area contributed by atoms with E-state index in [1.165, 1.54) is 0 Å². The largest absolute Gasteiger partial charge is 0.393 e. The smallest absolute Gasteiger partial charge is 0.0640 e. The van der Waals surface area contributed by atoms with Crippen molar-refractivity contribution in [3.8, 4) is 0 Å². The number of rotatable bonds is 3. The normalized spacial score (nSPS) is 36.2. The Morgan fingerprint density at radius 2 is 2.08 bits per heavy atom. The van der Waals surface area contributed by atoms with Crippen LogP contribution in [0.1, 0.15) is 33.1 Å². The van der Waals surface area contributed by atoms with Gasteiger partial charge in [-0.1, -0.05) is 0 Å². The summed E-state index contributed by atoms with van der Waals surface area (Å²) in [5.74, 6) is 0. The summed E-state index contributed by atoms with van der Waals surface area (Å²) in [6, 6.07) is 0. The molecule has 1 saturated carbocycles. The molecular formula is C9H19NO2. The summed E-state index contributed by atoms with van der Waals surface area (Å²) in [5.41, 5.74) is 5.65. The number of hydrogen-bond acceptors (Lipinski definition) is 3. The first kappa shape index (κ1) is 9.96. The molecule has 3 N–H and O–H groups in total. The summed E-state index contributed by atoms with van der Waals surface area (Å²) in [4.78, 5) is 0. The lowest BCUT2D eigenvalue weighted by molar-refractivity contribution is -0.0507. The van der Waals surface area contributed by atoms with E-state index in [0.29, 0.717) is 12.8 Å². The highest BCUT2D eigenvalue weighted by molar-refractivity contribution is 5.01. The second-order valence-electron chi connectivity index (χ2n) is 4.57. The van der Waals surface area contributed by atoms with Gasteiger partial charge in [0.25, 0.3) is 0 Å². The molecule has 1 aliphatic rings. The monoisotopic (exact) mass is 173 g/mol. The van der Waals surface area contributed by atoms with E-state index in [1.807, 2.05) is 13.8 Å². The summed E-state index contributed by atoms with van der Waals surface area (Å²) in [5, 5.41) is 9.13. The summed E-state index contributed by atoms with van der Waals surface area (Å²) in [7, 11) is 1.69. The van der Waals surface area contributed by atoms with E-state index >= 15 is 0 Å². The van der Waals surface area contributed by atoms with E-state index in [1.54, 1.807) is 7.11 Å². The van der Waals surface area contributed by atoms with Crippen LogP contribution in [0.3, 0.4) is 0 Å². The van der Waals surface area contributed by atoms with Gasteiger partial charge in [-0.05, 0) is 33.1 Å². The SMILES string of the molecule is COC(C)(C)CC1(N)CC(O)C1. The van der Waals surface area contributed by atoms with E-state index in [0.717, 1.165) is 6.42 Å². The summed E-state index contributed by atoms with van der Waals surface area (Å²) in [6.45, 7) is 4.04. The fourth-order valence-electron chi connectivity index (χ4n) is 1.94. The van der Waals surface area contributed by atoms with Crippen molar-refractivity contribution in [1.29, 1.82) is 0 Å². The average Bonchev–Trinajstić information content (AvgIpc) is 1.83.